The maximum atomic E-state index is 12.3. The van der Waals surface area contributed by atoms with Gasteiger partial charge in [-0.25, -0.2) is 4.79 Å². The van der Waals surface area contributed by atoms with Crippen molar-refractivity contribution >= 4 is 29.3 Å². The van der Waals surface area contributed by atoms with Gasteiger partial charge in [-0.05, 0) is 48.0 Å². The zero-order chi connectivity index (χ0) is 22.2. The van der Waals surface area contributed by atoms with Crippen LogP contribution >= 0.6 is 0 Å². The standard InChI is InChI=1S/C22H23N3O6/c1-30-20-9-7-18(8-10-20)23-12-14-24(15-13-23)21(26)16-31-22(27)11-4-17-2-5-19(6-3-17)25(28)29/h2-11H,12-16H2,1H3/b11-4+. The number of nitro groups is 1. The number of hydrogen-bond acceptors (Lipinski definition) is 7. The number of piperazine rings is 1. The summed E-state index contributed by atoms with van der Waals surface area (Å²) < 4.78 is 10.2. The Kier molecular flexibility index (Phi) is 7.21. The first-order valence-electron chi connectivity index (χ1n) is 9.72. The summed E-state index contributed by atoms with van der Waals surface area (Å²) in [6, 6.07) is 13.5. The Morgan fingerprint density at radius 1 is 1.03 bits per heavy atom. The number of anilines is 1. The Morgan fingerprint density at radius 2 is 1.68 bits per heavy atom. The zero-order valence-electron chi connectivity index (χ0n) is 17.1. The summed E-state index contributed by atoms with van der Waals surface area (Å²) in [5.41, 5.74) is 1.65. The number of methoxy groups -OCH3 is 1. The number of non-ortho nitro benzene ring substituents is 1. The third kappa shape index (κ3) is 6.05. The van der Waals surface area contributed by atoms with Crippen LogP contribution in [0.3, 0.4) is 0 Å². The van der Waals surface area contributed by atoms with E-state index in [2.05, 4.69) is 4.90 Å². The molecule has 162 valence electrons. The molecule has 1 saturated heterocycles. The van der Waals surface area contributed by atoms with Crippen LogP contribution in [0.2, 0.25) is 0 Å². The van der Waals surface area contributed by atoms with Gasteiger partial charge in [-0.15, -0.1) is 0 Å². The highest BCUT2D eigenvalue weighted by Crippen LogP contribution is 2.20. The number of amides is 1. The zero-order valence-corrected chi connectivity index (χ0v) is 17.1. The fourth-order valence-electron chi connectivity index (χ4n) is 3.15. The molecule has 0 N–H and O–H groups in total. The van der Waals surface area contributed by atoms with Crippen molar-refractivity contribution in [1.29, 1.82) is 0 Å². The molecule has 0 radical (unpaired) electrons. The predicted molar refractivity (Wildman–Crippen MR) is 115 cm³/mol. The van der Waals surface area contributed by atoms with Crippen LogP contribution in [0.1, 0.15) is 5.56 Å². The summed E-state index contributed by atoms with van der Waals surface area (Å²) in [4.78, 5) is 38.2. The molecule has 0 atom stereocenters. The van der Waals surface area contributed by atoms with E-state index in [-0.39, 0.29) is 18.2 Å². The van der Waals surface area contributed by atoms with Gasteiger partial charge in [0, 0.05) is 50.1 Å². The SMILES string of the molecule is COc1ccc(N2CCN(C(=O)COC(=O)/C=C/c3ccc([N+](=O)[O-])cc3)CC2)cc1. The molecule has 0 spiro atoms. The van der Waals surface area contributed by atoms with Gasteiger partial charge in [-0.1, -0.05) is 0 Å². The van der Waals surface area contributed by atoms with Gasteiger partial charge >= 0.3 is 5.97 Å². The molecule has 1 aliphatic heterocycles. The summed E-state index contributed by atoms with van der Waals surface area (Å²) in [6.07, 6.45) is 2.67. The molecule has 1 fully saturated rings. The Morgan fingerprint density at radius 3 is 2.26 bits per heavy atom. The molecular formula is C22H23N3O6. The average Bonchev–Trinajstić information content (AvgIpc) is 2.81. The first-order chi connectivity index (χ1) is 15.0. The second kappa shape index (κ2) is 10.2. The first-order valence-corrected chi connectivity index (χ1v) is 9.72. The number of esters is 1. The quantitative estimate of drug-likeness (QED) is 0.291. The molecule has 9 heteroatoms. The maximum absolute atomic E-state index is 12.3. The van der Waals surface area contributed by atoms with E-state index in [1.807, 2.05) is 24.3 Å². The van der Waals surface area contributed by atoms with E-state index >= 15 is 0 Å². The Bertz CT molecular complexity index is 948. The summed E-state index contributed by atoms with van der Waals surface area (Å²) in [5.74, 6) is -0.1000. The molecule has 1 aliphatic rings. The van der Waals surface area contributed by atoms with Crippen molar-refractivity contribution in [3.8, 4) is 5.75 Å². The third-order valence-electron chi connectivity index (χ3n) is 4.92. The van der Waals surface area contributed by atoms with E-state index in [1.165, 1.54) is 36.4 Å². The van der Waals surface area contributed by atoms with Gasteiger partial charge in [0.15, 0.2) is 6.61 Å². The van der Waals surface area contributed by atoms with Gasteiger partial charge in [0.1, 0.15) is 5.75 Å². The van der Waals surface area contributed by atoms with E-state index in [0.717, 1.165) is 11.4 Å². The van der Waals surface area contributed by atoms with E-state index < -0.39 is 10.9 Å². The van der Waals surface area contributed by atoms with E-state index in [0.29, 0.717) is 31.7 Å². The summed E-state index contributed by atoms with van der Waals surface area (Å²) >= 11 is 0. The Hall–Kier alpha value is -3.88. The minimum atomic E-state index is -0.649. The van der Waals surface area contributed by atoms with Crippen LogP contribution in [-0.2, 0) is 14.3 Å². The first kappa shape index (κ1) is 21.8. The van der Waals surface area contributed by atoms with Crippen molar-refractivity contribution in [2.45, 2.75) is 0 Å². The smallest absolute Gasteiger partial charge is 0.331 e. The molecule has 0 aromatic heterocycles. The fourth-order valence-corrected chi connectivity index (χ4v) is 3.15. The lowest BCUT2D eigenvalue weighted by Gasteiger charge is -2.36. The van der Waals surface area contributed by atoms with E-state index in [1.54, 1.807) is 12.0 Å². The Balaban J connectivity index is 1.42. The predicted octanol–water partition coefficient (Wildman–Crippen LogP) is 2.51. The highest BCUT2D eigenvalue weighted by Gasteiger charge is 2.22. The molecule has 2 aromatic carbocycles. The van der Waals surface area contributed by atoms with Crippen LogP contribution in [0.5, 0.6) is 5.75 Å². The van der Waals surface area contributed by atoms with Gasteiger partial charge in [0.2, 0.25) is 0 Å². The molecule has 3 rings (SSSR count). The fraction of sp³-hybridized carbons (Fsp3) is 0.273. The van der Waals surface area contributed by atoms with Crippen LogP contribution in [0, 0.1) is 10.1 Å². The summed E-state index contributed by atoms with van der Waals surface area (Å²) in [5, 5.41) is 10.6. The molecule has 0 saturated carbocycles. The van der Waals surface area contributed by atoms with Crippen molar-refractivity contribution < 1.29 is 24.0 Å². The molecule has 9 nitrogen and oxygen atoms in total. The lowest BCUT2D eigenvalue weighted by molar-refractivity contribution is -0.384. The van der Waals surface area contributed by atoms with Crippen molar-refractivity contribution in [3.05, 3.63) is 70.3 Å². The minimum absolute atomic E-state index is 0.0302. The second-order valence-electron chi connectivity index (χ2n) is 6.86. The van der Waals surface area contributed by atoms with Gasteiger partial charge in [0.25, 0.3) is 11.6 Å². The number of benzene rings is 2. The second-order valence-corrected chi connectivity index (χ2v) is 6.86. The number of ether oxygens (including phenoxy) is 2. The number of nitrogens with zero attached hydrogens (tertiary/aromatic N) is 3. The van der Waals surface area contributed by atoms with Crippen LogP contribution in [0.4, 0.5) is 11.4 Å². The van der Waals surface area contributed by atoms with Crippen molar-refractivity contribution in [2.75, 3.05) is 44.8 Å². The molecule has 1 amide bonds. The monoisotopic (exact) mass is 425 g/mol. The number of nitro benzene ring substituents is 1. The number of carbonyl (C=O) groups is 2. The summed E-state index contributed by atoms with van der Waals surface area (Å²) in [7, 11) is 1.62. The highest BCUT2D eigenvalue weighted by molar-refractivity contribution is 5.89. The normalized spacial score (nSPS) is 13.8. The number of hydrogen-bond donors (Lipinski definition) is 0. The topological polar surface area (TPSA) is 102 Å². The van der Waals surface area contributed by atoms with Gasteiger partial charge in [0.05, 0.1) is 12.0 Å². The van der Waals surface area contributed by atoms with Crippen LogP contribution < -0.4 is 9.64 Å². The average molecular weight is 425 g/mol. The molecule has 0 unspecified atom stereocenters. The largest absolute Gasteiger partial charge is 0.497 e. The number of carbonyl (C=O) groups excluding carboxylic acids is 2. The number of rotatable bonds is 7. The molecule has 1 heterocycles. The van der Waals surface area contributed by atoms with Crippen molar-refractivity contribution in [3.63, 3.8) is 0 Å². The Labute approximate surface area is 179 Å². The molecular weight excluding hydrogens is 402 g/mol. The lowest BCUT2D eigenvalue weighted by Crippen LogP contribution is -2.49. The molecule has 0 aliphatic carbocycles. The van der Waals surface area contributed by atoms with Crippen LogP contribution in [0.25, 0.3) is 6.08 Å². The lowest BCUT2D eigenvalue weighted by atomic mass is 10.2. The van der Waals surface area contributed by atoms with E-state index in [4.69, 9.17) is 9.47 Å². The molecule has 0 bridgehead atoms. The molecule has 2 aromatic rings. The third-order valence-corrected chi connectivity index (χ3v) is 4.92. The maximum Gasteiger partial charge on any atom is 0.331 e. The van der Waals surface area contributed by atoms with Crippen molar-refractivity contribution in [2.24, 2.45) is 0 Å². The van der Waals surface area contributed by atoms with E-state index in [9.17, 15) is 19.7 Å². The summed E-state index contributed by atoms with van der Waals surface area (Å²) in [6.45, 7) is 2.13. The van der Waals surface area contributed by atoms with Gasteiger partial charge in [-0.2, -0.15) is 0 Å². The van der Waals surface area contributed by atoms with Crippen molar-refractivity contribution in [1.82, 2.24) is 4.90 Å². The van der Waals surface area contributed by atoms with Gasteiger partial charge < -0.3 is 19.3 Å². The van der Waals surface area contributed by atoms with Gasteiger partial charge in [-0.3, -0.25) is 14.9 Å². The van der Waals surface area contributed by atoms with Crippen LogP contribution in [-0.4, -0.2) is 61.6 Å². The highest BCUT2D eigenvalue weighted by atomic mass is 16.6. The molecule has 31 heavy (non-hydrogen) atoms. The van der Waals surface area contributed by atoms with Crippen LogP contribution in [0.15, 0.2) is 54.6 Å². The minimum Gasteiger partial charge on any atom is -0.497 e.